The number of rotatable bonds is 7. The number of hydrogen-bond acceptors (Lipinski definition) is 7. The Kier molecular flexibility index (Phi) is 7.43. The lowest BCUT2D eigenvalue weighted by Crippen LogP contribution is -2.61. The monoisotopic (exact) mass is 567 g/mol. The van der Waals surface area contributed by atoms with Gasteiger partial charge in [0, 0.05) is 46.0 Å². The van der Waals surface area contributed by atoms with Crippen LogP contribution in [0.5, 0.6) is 0 Å². The number of aryl methyl sites for hydroxylation is 1. The van der Waals surface area contributed by atoms with Crippen molar-refractivity contribution < 1.29 is 27.6 Å². The summed E-state index contributed by atoms with van der Waals surface area (Å²) in [5.41, 5.74) is 4.30. The second-order valence-electron chi connectivity index (χ2n) is 9.95. The van der Waals surface area contributed by atoms with Crippen LogP contribution < -0.4 is 10.8 Å². The van der Waals surface area contributed by atoms with Crippen LogP contribution in [-0.2, 0) is 26.0 Å². The zero-order valence-electron chi connectivity index (χ0n) is 21.5. The molecule has 1 fully saturated rings. The topological polar surface area (TPSA) is 129 Å². The molecular formula is C28H29N3O6S2. The van der Waals surface area contributed by atoms with Crippen molar-refractivity contribution >= 4 is 61.2 Å². The molecule has 0 unspecified atom stereocenters. The van der Waals surface area contributed by atoms with Gasteiger partial charge in [0.1, 0.15) is 17.2 Å². The number of furan rings is 1. The molecule has 3 aromatic carbocycles. The summed E-state index contributed by atoms with van der Waals surface area (Å²) in [6.07, 6.45) is 0.967. The highest BCUT2D eigenvalue weighted by Crippen LogP contribution is 2.39. The van der Waals surface area contributed by atoms with E-state index in [1.54, 1.807) is 43.6 Å². The van der Waals surface area contributed by atoms with Gasteiger partial charge in [-0.25, -0.2) is 13.9 Å². The molecule has 1 atom stereocenters. The number of hydroxylamine groups is 1. The third kappa shape index (κ3) is 5.40. The molecule has 1 saturated heterocycles. The lowest BCUT2D eigenvalue weighted by molar-refractivity contribution is -0.134. The van der Waals surface area contributed by atoms with Gasteiger partial charge in [0.2, 0.25) is 15.9 Å². The first-order chi connectivity index (χ1) is 18.6. The fraction of sp³-hybridized carbons (Fsp3) is 0.286. The van der Waals surface area contributed by atoms with Gasteiger partial charge in [-0.05, 0) is 56.2 Å². The van der Waals surface area contributed by atoms with Gasteiger partial charge in [0.25, 0.3) is 5.91 Å². The number of thioether (sulfide) groups is 1. The Balaban J connectivity index is 1.41. The minimum Gasteiger partial charge on any atom is -0.456 e. The molecule has 4 aromatic rings. The number of amides is 2. The standard InChI is InChI=1S/C28H29N3O6S2/c1-28(2)26(27(33)30-34)31(14-15-38-28)39(35,36)20-10-12-23-22(17-20)21-11-9-19(16-24(21)37-23)29-25(32)13-8-18-6-4-3-5-7-18/h3-7,9-12,16-17,26,34H,8,13-15H2,1-2H3,(H,29,32)(H,30,33)/t26-/m0/s1. The first-order valence-corrected chi connectivity index (χ1v) is 14.9. The normalized spacial score (nSPS) is 17.8. The molecule has 9 nitrogen and oxygen atoms in total. The number of benzene rings is 3. The molecule has 0 radical (unpaired) electrons. The largest absolute Gasteiger partial charge is 0.456 e. The van der Waals surface area contributed by atoms with Crippen LogP contribution in [0.4, 0.5) is 5.69 Å². The van der Waals surface area contributed by atoms with E-state index in [4.69, 9.17) is 4.42 Å². The third-order valence-electron chi connectivity index (χ3n) is 6.91. The molecule has 0 saturated carbocycles. The predicted molar refractivity (Wildman–Crippen MR) is 151 cm³/mol. The first kappa shape index (κ1) is 27.2. The fourth-order valence-corrected chi connectivity index (χ4v) is 8.11. The van der Waals surface area contributed by atoms with Crippen LogP contribution in [0.25, 0.3) is 21.9 Å². The predicted octanol–water partition coefficient (Wildman–Crippen LogP) is 4.55. The SMILES string of the molecule is CC1(C)SCCN(S(=O)(=O)c2ccc3oc4cc(NC(=O)CCc5ccccc5)ccc4c3c2)[C@H]1C(=O)NO. The maximum absolute atomic E-state index is 13.7. The number of nitrogens with zero attached hydrogens (tertiary/aromatic N) is 1. The maximum atomic E-state index is 13.7. The number of anilines is 1. The van der Waals surface area contributed by atoms with Crippen molar-refractivity contribution in [2.75, 3.05) is 17.6 Å². The zero-order chi connectivity index (χ0) is 27.8. The highest BCUT2D eigenvalue weighted by molar-refractivity contribution is 8.01. The molecule has 5 rings (SSSR count). The van der Waals surface area contributed by atoms with E-state index in [1.165, 1.54) is 23.9 Å². The van der Waals surface area contributed by atoms with Gasteiger partial charge in [0.05, 0.1) is 4.90 Å². The van der Waals surface area contributed by atoms with Crippen molar-refractivity contribution in [1.29, 1.82) is 0 Å². The fourth-order valence-electron chi connectivity index (χ4n) is 4.98. The minimum absolute atomic E-state index is 0.0226. The van der Waals surface area contributed by atoms with Crippen LogP contribution >= 0.6 is 11.8 Å². The lowest BCUT2D eigenvalue weighted by atomic mass is 10.0. The highest BCUT2D eigenvalue weighted by Gasteiger charge is 2.48. The Morgan fingerprint density at radius 2 is 1.82 bits per heavy atom. The van der Waals surface area contributed by atoms with Crippen molar-refractivity contribution in [3.63, 3.8) is 0 Å². The van der Waals surface area contributed by atoms with E-state index in [2.05, 4.69) is 5.32 Å². The maximum Gasteiger partial charge on any atom is 0.263 e. The quantitative estimate of drug-likeness (QED) is 0.221. The van der Waals surface area contributed by atoms with Crippen LogP contribution in [0.15, 0.2) is 76.0 Å². The number of carbonyl (C=O) groups is 2. The molecule has 11 heteroatoms. The van der Waals surface area contributed by atoms with Crippen LogP contribution in [0.1, 0.15) is 25.8 Å². The smallest absolute Gasteiger partial charge is 0.263 e. The average Bonchev–Trinajstić information content (AvgIpc) is 3.28. The Labute approximate surface area is 230 Å². The molecule has 204 valence electrons. The van der Waals surface area contributed by atoms with Crippen molar-refractivity contribution in [1.82, 2.24) is 9.79 Å². The van der Waals surface area contributed by atoms with Crippen LogP contribution in [-0.4, -0.2) is 52.8 Å². The molecule has 1 aliphatic heterocycles. The van der Waals surface area contributed by atoms with Crippen molar-refractivity contribution in [2.24, 2.45) is 0 Å². The van der Waals surface area contributed by atoms with E-state index in [0.29, 0.717) is 46.2 Å². The van der Waals surface area contributed by atoms with Crippen molar-refractivity contribution in [3.05, 3.63) is 72.3 Å². The summed E-state index contributed by atoms with van der Waals surface area (Å²) in [6, 6.07) is 18.5. The third-order valence-corrected chi connectivity index (χ3v) is 10.1. The van der Waals surface area contributed by atoms with Gasteiger partial charge in [-0.15, -0.1) is 0 Å². The molecule has 0 aliphatic carbocycles. The van der Waals surface area contributed by atoms with Gasteiger partial charge in [-0.2, -0.15) is 16.1 Å². The summed E-state index contributed by atoms with van der Waals surface area (Å²) in [4.78, 5) is 25.0. The van der Waals surface area contributed by atoms with E-state index < -0.39 is 26.7 Å². The van der Waals surface area contributed by atoms with Gasteiger partial charge < -0.3 is 9.73 Å². The molecule has 2 amide bonds. The highest BCUT2D eigenvalue weighted by atomic mass is 32.2. The summed E-state index contributed by atoms with van der Waals surface area (Å²) in [7, 11) is -4.08. The Morgan fingerprint density at radius 3 is 2.56 bits per heavy atom. The van der Waals surface area contributed by atoms with Crippen LogP contribution in [0.3, 0.4) is 0 Å². The second kappa shape index (κ2) is 10.6. The van der Waals surface area contributed by atoms with Gasteiger partial charge >= 0.3 is 0 Å². The van der Waals surface area contributed by atoms with E-state index in [1.807, 2.05) is 30.3 Å². The molecule has 0 bridgehead atoms. The molecule has 39 heavy (non-hydrogen) atoms. The number of sulfonamides is 1. The van der Waals surface area contributed by atoms with Gasteiger partial charge in [-0.3, -0.25) is 14.8 Å². The molecule has 0 spiro atoms. The molecule has 1 aromatic heterocycles. The molecule has 3 N–H and O–H groups in total. The van der Waals surface area contributed by atoms with E-state index in [-0.39, 0.29) is 17.3 Å². The van der Waals surface area contributed by atoms with Gasteiger partial charge in [0.15, 0.2) is 0 Å². The summed E-state index contributed by atoms with van der Waals surface area (Å²) in [5.74, 6) is -0.381. The van der Waals surface area contributed by atoms with Crippen molar-refractivity contribution in [2.45, 2.75) is 42.4 Å². The lowest BCUT2D eigenvalue weighted by Gasteiger charge is -2.43. The first-order valence-electron chi connectivity index (χ1n) is 12.5. The summed E-state index contributed by atoms with van der Waals surface area (Å²) < 4.78 is 33.8. The van der Waals surface area contributed by atoms with Gasteiger partial charge in [-0.1, -0.05) is 30.3 Å². The summed E-state index contributed by atoms with van der Waals surface area (Å²) >= 11 is 1.48. The Morgan fingerprint density at radius 1 is 1.05 bits per heavy atom. The zero-order valence-corrected chi connectivity index (χ0v) is 23.1. The van der Waals surface area contributed by atoms with Crippen LogP contribution in [0, 0.1) is 0 Å². The number of fused-ring (bicyclic) bond motifs is 3. The number of carbonyl (C=O) groups excluding carboxylic acids is 2. The van der Waals surface area contributed by atoms with E-state index in [0.717, 1.165) is 9.87 Å². The van der Waals surface area contributed by atoms with Crippen LogP contribution in [0.2, 0.25) is 0 Å². The number of nitrogens with one attached hydrogen (secondary N) is 2. The number of hydrogen-bond donors (Lipinski definition) is 3. The Hall–Kier alpha value is -3.38. The molecular weight excluding hydrogens is 538 g/mol. The van der Waals surface area contributed by atoms with Crippen molar-refractivity contribution in [3.8, 4) is 0 Å². The summed E-state index contributed by atoms with van der Waals surface area (Å²) in [5, 5.41) is 13.5. The second-order valence-corrected chi connectivity index (χ2v) is 13.6. The van der Waals surface area contributed by atoms with E-state index in [9.17, 15) is 23.2 Å². The molecule has 1 aliphatic rings. The average molecular weight is 568 g/mol. The Bertz CT molecular complexity index is 1650. The summed E-state index contributed by atoms with van der Waals surface area (Å²) in [6.45, 7) is 3.69. The van der Waals surface area contributed by atoms with E-state index >= 15 is 0 Å². The minimum atomic E-state index is -4.08. The molecule has 2 heterocycles.